The standard InChI is InChI=1S/C23H19F2N5O2/c1-14-20(22(31)29-26-12-16-3-7-18(24)8-4-16)11-21(15(2)28-14)23(32)30-27-13-17-5-9-19(25)10-6-17/h3-13H,1-2H3,(H,29,31)(H,30,32)/b26-12+,27-13+. The summed E-state index contributed by atoms with van der Waals surface area (Å²) in [6.45, 7) is 3.28. The maximum Gasteiger partial charge on any atom is 0.273 e. The van der Waals surface area contributed by atoms with Crippen molar-refractivity contribution >= 4 is 24.2 Å². The first kappa shape index (κ1) is 22.4. The van der Waals surface area contributed by atoms with E-state index in [2.05, 4.69) is 26.0 Å². The van der Waals surface area contributed by atoms with Crippen LogP contribution in [0.1, 0.15) is 43.2 Å². The molecule has 0 aliphatic rings. The molecule has 0 bridgehead atoms. The predicted octanol–water partition coefficient (Wildman–Crippen LogP) is 3.50. The number of hydrogen-bond donors (Lipinski definition) is 2. The second kappa shape index (κ2) is 10.2. The zero-order chi connectivity index (χ0) is 23.1. The molecule has 0 spiro atoms. The molecule has 0 radical (unpaired) electrons. The highest BCUT2D eigenvalue weighted by molar-refractivity contribution is 6.01. The number of benzene rings is 2. The Hall–Kier alpha value is -4.27. The molecule has 2 aromatic carbocycles. The van der Waals surface area contributed by atoms with Crippen LogP contribution in [0, 0.1) is 25.5 Å². The van der Waals surface area contributed by atoms with E-state index >= 15 is 0 Å². The maximum absolute atomic E-state index is 12.9. The molecule has 2 amide bonds. The monoisotopic (exact) mass is 435 g/mol. The maximum atomic E-state index is 12.9. The number of hydrogen-bond acceptors (Lipinski definition) is 5. The number of halogens is 2. The summed E-state index contributed by atoms with van der Waals surface area (Å²) in [5, 5.41) is 7.70. The summed E-state index contributed by atoms with van der Waals surface area (Å²) in [7, 11) is 0. The molecule has 0 aliphatic carbocycles. The smallest absolute Gasteiger partial charge is 0.267 e. The number of nitrogens with zero attached hydrogens (tertiary/aromatic N) is 3. The lowest BCUT2D eigenvalue weighted by Crippen LogP contribution is -2.23. The first-order valence-electron chi connectivity index (χ1n) is 9.49. The van der Waals surface area contributed by atoms with E-state index in [1.807, 2.05) is 0 Å². The second-order valence-corrected chi connectivity index (χ2v) is 6.76. The van der Waals surface area contributed by atoms with Crippen molar-refractivity contribution in [1.82, 2.24) is 15.8 Å². The van der Waals surface area contributed by atoms with Gasteiger partial charge in [-0.25, -0.2) is 19.6 Å². The highest BCUT2D eigenvalue weighted by atomic mass is 19.1. The zero-order valence-electron chi connectivity index (χ0n) is 17.3. The molecular weight excluding hydrogens is 416 g/mol. The van der Waals surface area contributed by atoms with Crippen LogP contribution >= 0.6 is 0 Å². The molecule has 0 atom stereocenters. The van der Waals surface area contributed by atoms with Crippen molar-refractivity contribution in [2.45, 2.75) is 13.8 Å². The molecule has 0 aliphatic heterocycles. The van der Waals surface area contributed by atoms with Crippen molar-refractivity contribution in [1.29, 1.82) is 0 Å². The van der Waals surface area contributed by atoms with Crippen LogP contribution in [0.2, 0.25) is 0 Å². The van der Waals surface area contributed by atoms with Gasteiger partial charge < -0.3 is 0 Å². The third kappa shape index (κ3) is 5.88. The Morgan fingerprint density at radius 1 is 0.750 bits per heavy atom. The molecule has 1 heterocycles. The van der Waals surface area contributed by atoms with E-state index in [9.17, 15) is 18.4 Å². The second-order valence-electron chi connectivity index (χ2n) is 6.76. The van der Waals surface area contributed by atoms with E-state index in [0.717, 1.165) is 0 Å². The van der Waals surface area contributed by atoms with Gasteiger partial charge in [0.15, 0.2) is 0 Å². The fourth-order valence-corrected chi connectivity index (χ4v) is 2.73. The Morgan fingerprint density at radius 2 is 1.12 bits per heavy atom. The van der Waals surface area contributed by atoms with Crippen LogP contribution in [0.25, 0.3) is 0 Å². The molecule has 7 nitrogen and oxygen atoms in total. The van der Waals surface area contributed by atoms with Crippen LogP contribution < -0.4 is 10.9 Å². The first-order valence-corrected chi connectivity index (χ1v) is 9.49. The van der Waals surface area contributed by atoms with Crippen LogP contribution in [-0.4, -0.2) is 29.2 Å². The van der Waals surface area contributed by atoms with E-state index in [1.165, 1.54) is 67.0 Å². The van der Waals surface area contributed by atoms with Gasteiger partial charge in [-0.1, -0.05) is 24.3 Å². The number of amides is 2. The highest BCUT2D eigenvalue weighted by Crippen LogP contribution is 2.13. The third-order valence-electron chi connectivity index (χ3n) is 4.39. The summed E-state index contributed by atoms with van der Waals surface area (Å²) >= 11 is 0. The van der Waals surface area contributed by atoms with Crippen molar-refractivity contribution in [2.75, 3.05) is 0 Å². The van der Waals surface area contributed by atoms with Crippen molar-refractivity contribution in [3.63, 3.8) is 0 Å². The summed E-state index contributed by atoms with van der Waals surface area (Å²) in [4.78, 5) is 29.3. The minimum Gasteiger partial charge on any atom is -0.267 e. The largest absolute Gasteiger partial charge is 0.273 e. The minimum absolute atomic E-state index is 0.166. The summed E-state index contributed by atoms with van der Waals surface area (Å²) in [5.74, 6) is -1.87. The quantitative estimate of drug-likeness (QED) is 0.458. The molecule has 1 aromatic heterocycles. The highest BCUT2D eigenvalue weighted by Gasteiger charge is 2.17. The Morgan fingerprint density at radius 3 is 1.50 bits per heavy atom. The number of pyridine rings is 1. The zero-order valence-corrected chi connectivity index (χ0v) is 17.3. The van der Waals surface area contributed by atoms with E-state index in [1.54, 1.807) is 13.8 Å². The van der Waals surface area contributed by atoms with Gasteiger partial charge in [-0.3, -0.25) is 14.6 Å². The average molecular weight is 435 g/mol. The van der Waals surface area contributed by atoms with Gasteiger partial charge in [0, 0.05) is 0 Å². The average Bonchev–Trinajstić information content (AvgIpc) is 2.76. The number of carbonyl (C=O) groups is 2. The number of rotatable bonds is 6. The van der Waals surface area contributed by atoms with Gasteiger partial charge in [0.2, 0.25) is 0 Å². The van der Waals surface area contributed by atoms with E-state index in [0.29, 0.717) is 22.5 Å². The number of aromatic nitrogens is 1. The predicted molar refractivity (Wildman–Crippen MR) is 117 cm³/mol. The molecule has 0 saturated carbocycles. The number of hydrazone groups is 2. The van der Waals surface area contributed by atoms with Gasteiger partial charge >= 0.3 is 0 Å². The molecule has 32 heavy (non-hydrogen) atoms. The van der Waals surface area contributed by atoms with Crippen LogP contribution in [-0.2, 0) is 0 Å². The Bertz CT molecular complexity index is 1100. The molecule has 3 rings (SSSR count). The fraction of sp³-hybridized carbons (Fsp3) is 0.0870. The Labute approximate surface area is 182 Å². The first-order chi connectivity index (χ1) is 15.3. The SMILES string of the molecule is Cc1nc(C)c(C(=O)N/N=C/c2ccc(F)cc2)cc1C(=O)N/N=C/c1ccc(F)cc1. The number of aryl methyl sites for hydroxylation is 2. The third-order valence-corrected chi connectivity index (χ3v) is 4.39. The molecule has 3 aromatic rings. The van der Waals surface area contributed by atoms with Gasteiger partial charge in [0.05, 0.1) is 34.9 Å². The van der Waals surface area contributed by atoms with Gasteiger partial charge in [-0.15, -0.1) is 0 Å². The van der Waals surface area contributed by atoms with Gasteiger partial charge in [-0.2, -0.15) is 10.2 Å². The minimum atomic E-state index is -0.558. The summed E-state index contributed by atoms with van der Waals surface area (Å²) < 4.78 is 25.9. The molecule has 2 N–H and O–H groups in total. The number of carbonyl (C=O) groups excluding carboxylic acids is 2. The van der Waals surface area contributed by atoms with Crippen LogP contribution in [0.3, 0.4) is 0 Å². The molecule has 0 unspecified atom stereocenters. The lowest BCUT2D eigenvalue weighted by molar-refractivity contribution is 0.0954. The fourth-order valence-electron chi connectivity index (χ4n) is 2.73. The Kier molecular flexibility index (Phi) is 7.12. The molecule has 162 valence electrons. The van der Waals surface area contributed by atoms with E-state index in [-0.39, 0.29) is 22.8 Å². The van der Waals surface area contributed by atoms with Crippen LogP contribution in [0.15, 0.2) is 64.8 Å². The van der Waals surface area contributed by atoms with Crippen LogP contribution in [0.5, 0.6) is 0 Å². The van der Waals surface area contributed by atoms with Crippen molar-refractivity contribution in [2.24, 2.45) is 10.2 Å². The Balaban J connectivity index is 1.69. The van der Waals surface area contributed by atoms with E-state index < -0.39 is 11.8 Å². The summed E-state index contributed by atoms with van der Waals surface area (Å²) in [6, 6.07) is 12.6. The lowest BCUT2D eigenvalue weighted by Gasteiger charge is -2.09. The van der Waals surface area contributed by atoms with E-state index in [4.69, 9.17) is 0 Å². The normalized spacial score (nSPS) is 11.1. The van der Waals surface area contributed by atoms with Crippen molar-refractivity contribution in [3.8, 4) is 0 Å². The molecule has 0 saturated heterocycles. The van der Waals surface area contributed by atoms with Crippen molar-refractivity contribution in [3.05, 3.63) is 99.9 Å². The lowest BCUT2D eigenvalue weighted by atomic mass is 10.1. The topological polar surface area (TPSA) is 95.8 Å². The summed E-state index contributed by atoms with van der Waals surface area (Å²) in [6.07, 6.45) is 2.73. The number of nitrogens with one attached hydrogen (secondary N) is 2. The molecule has 0 fully saturated rings. The molecular formula is C23H19F2N5O2. The van der Waals surface area contributed by atoms with Crippen molar-refractivity contribution < 1.29 is 18.4 Å². The summed E-state index contributed by atoms with van der Waals surface area (Å²) in [5.41, 5.74) is 7.10. The van der Waals surface area contributed by atoms with Gasteiger partial charge in [0.25, 0.3) is 11.8 Å². The van der Waals surface area contributed by atoms with Gasteiger partial charge in [-0.05, 0) is 55.3 Å². The molecule has 9 heteroatoms. The van der Waals surface area contributed by atoms with Crippen LogP contribution in [0.4, 0.5) is 8.78 Å². The van der Waals surface area contributed by atoms with Gasteiger partial charge in [0.1, 0.15) is 11.6 Å².